The molecule has 0 rings (SSSR count). The first-order valence-corrected chi connectivity index (χ1v) is 4.34. The zero-order valence-electron chi connectivity index (χ0n) is 8.39. The summed E-state index contributed by atoms with van der Waals surface area (Å²) in [6.45, 7) is 6.56. The number of methoxy groups -OCH3 is 1. The molecule has 0 spiro atoms. The van der Waals surface area contributed by atoms with E-state index < -0.39 is 0 Å². The van der Waals surface area contributed by atoms with Gasteiger partial charge in [0.1, 0.15) is 0 Å². The Morgan fingerprint density at radius 2 is 2.00 bits per heavy atom. The highest BCUT2D eigenvalue weighted by molar-refractivity contribution is 5.76. The summed E-state index contributed by atoms with van der Waals surface area (Å²) in [6, 6.07) is 0.229. The first-order valence-electron chi connectivity index (χ1n) is 4.34. The minimum Gasteiger partial charge on any atom is -0.384 e. The van der Waals surface area contributed by atoms with E-state index >= 15 is 0 Å². The molecule has 0 fully saturated rings. The summed E-state index contributed by atoms with van der Waals surface area (Å²) >= 11 is 0. The van der Waals surface area contributed by atoms with Crippen molar-refractivity contribution in [3.8, 4) is 0 Å². The van der Waals surface area contributed by atoms with Crippen LogP contribution in [0.25, 0.3) is 0 Å². The van der Waals surface area contributed by atoms with E-state index in [2.05, 4.69) is 5.32 Å². The molecule has 0 saturated carbocycles. The maximum Gasteiger partial charge on any atom is 0.220 e. The highest BCUT2D eigenvalue weighted by atomic mass is 16.5. The molecule has 0 aliphatic carbocycles. The lowest BCUT2D eigenvalue weighted by atomic mass is 10.1. The molecular weight excluding hydrogens is 154 g/mol. The molecule has 1 N–H and O–H groups in total. The van der Waals surface area contributed by atoms with Crippen LogP contribution in [0.4, 0.5) is 0 Å². The summed E-state index contributed by atoms with van der Waals surface area (Å²) < 4.78 is 4.93. The predicted molar refractivity (Wildman–Crippen MR) is 48.9 cm³/mol. The summed E-state index contributed by atoms with van der Waals surface area (Å²) in [5.74, 6) is 0.406. The molecule has 0 aliphatic rings. The van der Waals surface area contributed by atoms with Gasteiger partial charge in [-0.05, 0) is 19.8 Å². The highest BCUT2D eigenvalue weighted by Gasteiger charge is 2.08. The largest absolute Gasteiger partial charge is 0.384 e. The summed E-state index contributed by atoms with van der Waals surface area (Å²) in [5.41, 5.74) is 0. The number of ether oxygens (including phenoxy) is 1. The second kappa shape index (κ2) is 6.00. The van der Waals surface area contributed by atoms with Crippen LogP contribution in [0.2, 0.25) is 0 Å². The van der Waals surface area contributed by atoms with Crippen molar-refractivity contribution in [3.05, 3.63) is 0 Å². The molecule has 0 aliphatic heterocycles. The number of rotatable bonds is 5. The monoisotopic (exact) mass is 173 g/mol. The van der Waals surface area contributed by atoms with Gasteiger partial charge >= 0.3 is 0 Å². The number of carbonyl (C=O) groups is 1. The van der Waals surface area contributed by atoms with E-state index in [1.165, 1.54) is 0 Å². The highest BCUT2D eigenvalue weighted by Crippen LogP contribution is 2.01. The van der Waals surface area contributed by atoms with E-state index in [0.717, 1.165) is 0 Å². The van der Waals surface area contributed by atoms with E-state index in [9.17, 15) is 4.79 Å². The van der Waals surface area contributed by atoms with Crippen molar-refractivity contribution >= 4 is 5.91 Å². The van der Waals surface area contributed by atoms with Crippen molar-refractivity contribution in [2.24, 2.45) is 5.92 Å². The average molecular weight is 173 g/mol. The van der Waals surface area contributed by atoms with Crippen LogP contribution in [-0.2, 0) is 9.53 Å². The van der Waals surface area contributed by atoms with Crippen molar-refractivity contribution < 1.29 is 9.53 Å². The molecule has 0 bridgehead atoms. The van der Waals surface area contributed by atoms with E-state index in [1.807, 2.05) is 20.8 Å². The van der Waals surface area contributed by atoms with Crippen molar-refractivity contribution in [1.82, 2.24) is 5.32 Å². The molecule has 0 aromatic rings. The van der Waals surface area contributed by atoms with Gasteiger partial charge in [0.2, 0.25) is 5.91 Å². The van der Waals surface area contributed by atoms with Gasteiger partial charge in [0.25, 0.3) is 0 Å². The van der Waals surface area contributed by atoms with Crippen LogP contribution in [0.3, 0.4) is 0 Å². The molecule has 1 unspecified atom stereocenters. The molecule has 72 valence electrons. The van der Waals surface area contributed by atoms with Gasteiger partial charge < -0.3 is 10.1 Å². The zero-order chi connectivity index (χ0) is 9.56. The zero-order valence-corrected chi connectivity index (χ0v) is 8.39. The van der Waals surface area contributed by atoms with Gasteiger partial charge in [-0.2, -0.15) is 0 Å². The Morgan fingerprint density at radius 1 is 1.42 bits per heavy atom. The van der Waals surface area contributed by atoms with E-state index in [4.69, 9.17) is 4.74 Å². The fourth-order valence-corrected chi connectivity index (χ4v) is 1.04. The minimum absolute atomic E-state index is 0.106. The Morgan fingerprint density at radius 3 is 2.42 bits per heavy atom. The number of carbonyl (C=O) groups excluding carboxylic acids is 1. The Bertz CT molecular complexity index is 134. The lowest BCUT2D eigenvalue weighted by molar-refractivity contribution is -0.122. The fraction of sp³-hybridized carbons (Fsp3) is 0.889. The Hall–Kier alpha value is -0.570. The van der Waals surface area contributed by atoms with Gasteiger partial charge in [-0.3, -0.25) is 4.79 Å². The van der Waals surface area contributed by atoms with Crippen LogP contribution < -0.4 is 5.32 Å². The molecule has 3 heteroatoms. The average Bonchev–Trinajstić information content (AvgIpc) is 1.84. The number of hydrogen-bond donors (Lipinski definition) is 1. The third-order valence-electron chi connectivity index (χ3n) is 1.43. The van der Waals surface area contributed by atoms with Gasteiger partial charge in [0.05, 0.1) is 0 Å². The molecule has 1 amide bonds. The van der Waals surface area contributed by atoms with Gasteiger partial charge in [0, 0.05) is 26.2 Å². The topological polar surface area (TPSA) is 38.3 Å². The van der Waals surface area contributed by atoms with E-state index in [-0.39, 0.29) is 11.9 Å². The maximum absolute atomic E-state index is 11.2. The van der Waals surface area contributed by atoms with Crippen molar-refractivity contribution in [1.29, 1.82) is 0 Å². The van der Waals surface area contributed by atoms with Crippen molar-refractivity contribution in [2.75, 3.05) is 13.7 Å². The van der Waals surface area contributed by atoms with Crippen LogP contribution in [0.5, 0.6) is 0 Å². The van der Waals surface area contributed by atoms with Crippen molar-refractivity contribution in [2.45, 2.75) is 33.2 Å². The number of nitrogens with one attached hydrogen (secondary N) is 1. The molecule has 0 aromatic carbocycles. The first kappa shape index (κ1) is 11.4. The van der Waals surface area contributed by atoms with Crippen LogP contribution in [-0.4, -0.2) is 25.7 Å². The van der Waals surface area contributed by atoms with Gasteiger partial charge in [0.15, 0.2) is 0 Å². The van der Waals surface area contributed by atoms with Gasteiger partial charge in [-0.15, -0.1) is 0 Å². The fourth-order valence-electron chi connectivity index (χ4n) is 1.04. The summed E-state index contributed by atoms with van der Waals surface area (Å²) in [7, 11) is 1.65. The Kier molecular flexibility index (Phi) is 5.72. The first-order chi connectivity index (χ1) is 5.56. The van der Waals surface area contributed by atoms with E-state index in [1.54, 1.807) is 7.11 Å². The molecule has 0 saturated heterocycles. The lowest BCUT2D eigenvalue weighted by Gasteiger charge is -2.12. The van der Waals surface area contributed by atoms with Crippen LogP contribution >= 0.6 is 0 Å². The van der Waals surface area contributed by atoms with Crippen LogP contribution in [0.1, 0.15) is 27.2 Å². The Balaban J connectivity index is 3.54. The number of hydrogen-bond acceptors (Lipinski definition) is 2. The van der Waals surface area contributed by atoms with Crippen LogP contribution in [0, 0.1) is 5.92 Å². The summed E-state index contributed by atoms with van der Waals surface area (Å²) in [6.07, 6.45) is 0.548. The second-order valence-electron chi connectivity index (χ2n) is 3.49. The Labute approximate surface area is 74.5 Å². The molecule has 3 nitrogen and oxygen atoms in total. The maximum atomic E-state index is 11.2. The predicted octanol–water partition coefficient (Wildman–Crippen LogP) is 1.18. The quantitative estimate of drug-likeness (QED) is 0.678. The molecule has 0 heterocycles. The van der Waals surface area contributed by atoms with Gasteiger partial charge in [-0.1, -0.05) is 6.92 Å². The molecule has 12 heavy (non-hydrogen) atoms. The number of amides is 1. The molecule has 0 radical (unpaired) electrons. The standard InChI is InChI=1S/C9H19NO2/c1-7(2)10-9(11)5-8(3)6-12-4/h7-8H,5-6H2,1-4H3,(H,10,11). The SMILES string of the molecule is COCC(C)CC(=O)NC(C)C. The third kappa shape index (κ3) is 6.16. The normalized spacial score (nSPS) is 13.1. The summed E-state index contributed by atoms with van der Waals surface area (Å²) in [5, 5.41) is 2.84. The minimum atomic E-state index is 0.106. The third-order valence-corrected chi connectivity index (χ3v) is 1.43. The summed E-state index contributed by atoms with van der Waals surface area (Å²) in [4.78, 5) is 11.2. The lowest BCUT2D eigenvalue weighted by Crippen LogP contribution is -2.31. The van der Waals surface area contributed by atoms with Crippen LogP contribution in [0.15, 0.2) is 0 Å². The molecule has 1 atom stereocenters. The van der Waals surface area contributed by atoms with E-state index in [0.29, 0.717) is 18.9 Å². The van der Waals surface area contributed by atoms with Crippen molar-refractivity contribution in [3.63, 3.8) is 0 Å². The smallest absolute Gasteiger partial charge is 0.220 e. The molecular formula is C9H19NO2. The molecule has 0 aromatic heterocycles. The second-order valence-corrected chi connectivity index (χ2v) is 3.49. The van der Waals surface area contributed by atoms with Gasteiger partial charge in [-0.25, -0.2) is 0 Å².